The Bertz CT molecular complexity index is 1200. The first kappa shape index (κ1) is 21.8. The number of nitrogens with two attached hydrogens (primary N) is 2. The maximum atomic E-state index is 12.9. The van der Waals surface area contributed by atoms with E-state index in [2.05, 4.69) is 20.2 Å². The van der Waals surface area contributed by atoms with Crippen LogP contribution in [0.2, 0.25) is 0 Å². The zero-order valence-corrected chi connectivity index (χ0v) is 19.4. The molecule has 5 N–H and O–H groups in total. The van der Waals surface area contributed by atoms with Gasteiger partial charge in [-0.15, -0.1) is 11.3 Å². The normalized spacial score (nSPS) is 22.3. The summed E-state index contributed by atoms with van der Waals surface area (Å²) in [4.78, 5) is 29.5. The lowest BCUT2D eigenvalue weighted by Crippen LogP contribution is -2.43. The Kier molecular flexibility index (Phi) is 5.77. The Balaban J connectivity index is 1.26. The van der Waals surface area contributed by atoms with Gasteiger partial charge >= 0.3 is 0 Å². The van der Waals surface area contributed by atoms with E-state index in [0.29, 0.717) is 59.5 Å². The summed E-state index contributed by atoms with van der Waals surface area (Å²) in [6, 6.07) is 3.74. The van der Waals surface area contributed by atoms with Crippen LogP contribution in [0.1, 0.15) is 27.9 Å². The first-order valence-electron chi connectivity index (χ1n) is 11.0. The third kappa shape index (κ3) is 4.19. The predicted molar refractivity (Wildman–Crippen MR) is 127 cm³/mol. The Morgan fingerprint density at radius 2 is 2.21 bits per heavy atom. The molecule has 0 spiro atoms. The first-order chi connectivity index (χ1) is 15.9. The van der Waals surface area contributed by atoms with E-state index in [4.69, 9.17) is 25.9 Å². The number of carbonyl (C=O) groups is 1. The summed E-state index contributed by atoms with van der Waals surface area (Å²) < 4.78 is 11.6. The zero-order valence-electron chi connectivity index (χ0n) is 18.6. The van der Waals surface area contributed by atoms with Crippen LogP contribution < -0.4 is 26.4 Å². The number of hydrogen-bond acceptors (Lipinski definition) is 10. The third-order valence-electron chi connectivity index (χ3n) is 5.93. The SMILES string of the molecule is CCO[C@H]1CN(c2ccc3c(n2)OC[C@H](NC(=O)c2sc4nc(C)cnc4c2N)C3)C[C@@H]1N. The number of nitrogens with one attached hydrogen (secondary N) is 1. The van der Waals surface area contributed by atoms with Crippen LogP contribution in [-0.2, 0) is 11.2 Å². The summed E-state index contributed by atoms with van der Waals surface area (Å²) in [5.41, 5.74) is 15.0. The van der Waals surface area contributed by atoms with Crippen LogP contribution in [0.4, 0.5) is 11.5 Å². The number of aromatic nitrogens is 3. The molecule has 0 radical (unpaired) electrons. The molecular formula is C22H27N7O3S. The molecule has 1 saturated heterocycles. The number of nitrogen functional groups attached to an aromatic ring is 1. The average Bonchev–Trinajstić information content (AvgIpc) is 3.33. The Hall–Kier alpha value is -3.02. The van der Waals surface area contributed by atoms with Crippen molar-refractivity contribution in [2.45, 2.75) is 38.5 Å². The van der Waals surface area contributed by atoms with Crippen LogP contribution >= 0.6 is 11.3 Å². The highest BCUT2D eigenvalue weighted by Crippen LogP contribution is 2.32. The zero-order chi connectivity index (χ0) is 23.1. The van der Waals surface area contributed by atoms with Crippen molar-refractivity contribution in [3.8, 4) is 5.88 Å². The van der Waals surface area contributed by atoms with Gasteiger partial charge < -0.3 is 31.2 Å². The number of fused-ring (bicyclic) bond motifs is 2. The lowest BCUT2D eigenvalue weighted by molar-refractivity contribution is 0.0680. The van der Waals surface area contributed by atoms with Crippen molar-refractivity contribution in [1.82, 2.24) is 20.3 Å². The van der Waals surface area contributed by atoms with Gasteiger partial charge in [0.2, 0.25) is 5.88 Å². The Labute approximate surface area is 195 Å². The van der Waals surface area contributed by atoms with E-state index in [0.717, 1.165) is 17.1 Å². The van der Waals surface area contributed by atoms with Gasteiger partial charge in [0.25, 0.3) is 5.91 Å². The number of ether oxygens (including phenoxy) is 2. The highest BCUT2D eigenvalue weighted by Gasteiger charge is 2.32. The Morgan fingerprint density at radius 1 is 1.36 bits per heavy atom. The molecule has 2 aliphatic rings. The molecule has 0 saturated carbocycles. The molecule has 0 aromatic carbocycles. The highest BCUT2D eigenvalue weighted by atomic mass is 32.1. The summed E-state index contributed by atoms with van der Waals surface area (Å²) in [5, 5.41) is 3.03. The average molecular weight is 470 g/mol. The van der Waals surface area contributed by atoms with E-state index in [1.165, 1.54) is 11.3 Å². The minimum Gasteiger partial charge on any atom is -0.475 e. The van der Waals surface area contributed by atoms with Gasteiger partial charge in [0, 0.05) is 37.9 Å². The fraction of sp³-hybridized carbons (Fsp3) is 0.455. The molecule has 174 valence electrons. The van der Waals surface area contributed by atoms with Gasteiger partial charge in [-0.3, -0.25) is 4.79 Å². The molecular weight excluding hydrogens is 442 g/mol. The van der Waals surface area contributed by atoms with Crippen molar-refractivity contribution in [3.63, 3.8) is 0 Å². The van der Waals surface area contributed by atoms with E-state index in [1.807, 2.05) is 26.0 Å². The number of aryl methyl sites for hydroxylation is 1. The number of amides is 1. The van der Waals surface area contributed by atoms with Crippen molar-refractivity contribution in [2.75, 3.05) is 36.9 Å². The van der Waals surface area contributed by atoms with Crippen LogP contribution in [-0.4, -0.2) is 65.4 Å². The molecule has 2 aliphatic heterocycles. The topological polar surface area (TPSA) is 142 Å². The van der Waals surface area contributed by atoms with Crippen molar-refractivity contribution in [2.24, 2.45) is 5.73 Å². The lowest BCUT2D eigenvalue weighted by Gasteiger charge is -2.26. The molecule has 11 heteroatoms. The summed E-state index contributed by atoms with van der Waals surface area (Å²) in [7, 11) is 0. The van der Waals surface area contributed by atoms with Gasteiger partial charge in [0.15, 0.2) is 0 Å². The molecule has 10 nitrogen and oxygen atoms in total. The van der Waals surface area contributed by atoms with Crippen molar-refractivity contribution >= 4 is 39.1 Å². The van der Waals surface area contributed by atoms with Crippen LogP contribution in [0.25, 0.3) is 10.3 Å². The Morgan fingerprint density at radius 3 is 3.03 bits per heavy atom. The molecule has 5 heterocycles. The summed E-state index contributed by atoms with van der Waals surface area (Å²) >= 11 is 1.25. The first-order valence-corrected chi connectivity index (χ1v) is 11.8. The quantitative estimate of drug-likeness (QED) is 0.503. The summed E-state index contributed by atoms with van der Waals surface area (Å²) in [5.74, 6) is 1.17. The predicted octanol–water partition coefficient (Wildman–Crippen LogP) is 1.26. The maximum absolute atomic E-state index is 12.9. The number of anilines is 2. The van der Waals surface area contributed by atoms with Gasteiger partial charge in [0.1, 0.15) is 27.6 Å². The summed E-state index contributed by atoms with van der Waals surface area (Å²) in [6.07, 6.45) is 2.27. The van der Waals surface area contributed by atoms with Crippen LogP contribution in [0, 0.1) is 6.92 Å². The lowest BCUT2D eigenvalue weighted by atomic mass is 10.1. The van der Waals surface area contributed by atoms with E-state index >= 15 is 0 Å². The number of hydrogen-bond donors (Lipinski definition) is 3. The second-order valence-electron chi connectivity index (χ2n) is 8.39. The number of pyridine rings is 1. The van der Waals surface area contributed by atoms with Crippen molar-refractivity contribution < 1.29 is 14.3 Å². The van der Waals surface area contributed by atoms with Gasteiger partial charge in [-0.1, -0.05) is 0 Å². The fourth-order valence-corrected chi connectivity index (χ4v) is 5.28. The monoisotopic (exact) mass is 469 g/mol. The van der Waals surface area contributed by atoms with Crippen molar-refractivity contribution in [3.05, 3.63) is 34.5 Å². The fourth-order valence-electron chi connectivity index (χ4n) is 4.28. The van der Waals surface area contributed by atoms with E-state index in [-0.39, 0.29) is 24.1 Å². The molecule has 1 amide bonds. The number of thiophene rings is 1. The second-order valence-corrected chi connectivity index (χ2v) is 9.39. The standard InChI is InChI=1S/C22H27N7O3S/c1-3-31-15-9-29(8-14(15)23)16-5-4-12-6-13(10-32-21(12)28-16)27-20(30)19-17(24)18-22(33-19)26-11(2)7-25-18/h4-5,7,13-15H,3,6,8-10,23-24H2,1-2H3,(H,27,30)/t13-,14+,15+/m1/s1. The smallest absolute Gasteiger partial charge is 0.263 e. The molecule has 0 unspecified atom stereocenters. The van der Waals surface area contributed by atoms with Crippen LogP contribution in [0.15, 0.2) is 18.3 Å². The largest absolute Gasteiger partial charge is 0.475 e. The van der Waals surface area contributed by atoms with Gasteiger partial charge in [-0.05, 0) is 26.0 Å². The highest BCUT2D eigenvalue weighted by molar-refractivity contribution is 7.21. The minimum absolute atomic E-state index is 0.00370. The van der Waals surface area contributed by atoms with E-state index in [9.17, 15) is 4.79 Å². The number of carbonyl (C=O) groups excluding carboxylic acids is 1. The molecule has 3 atom stereocenters. The van der Waals surface area contributed by atoms with Crippen LogP contribution in [0.3, 0.4) is 0 Å². The molecule has 3 aromatic heterocycles. The molecule has 1 fully saturated rings. The van der Waals surface area contributed by atoms with E-state index in [1.54, 1.807) is 6.20 Å². The van der Waals surface area contributed by atoms with Crippen molar-refractivity contribution in [1.29, 1.82) is 0 Å². The molecule has 3 aromatic rings. The second kappa shape index (κ2) is 8.73. The summed E-state index contributed by atoms with van der Waals surface area (Å²) in [6.45, 7) is 6.19. The van der Waals surface area contributed by atoms with E-state index < -0.39 is 0 Å². The number of rotatable bonds is 5. The molecule has 5 rings (SSSR count). The maximum Gasteiger partial charge on any atom is 0.263 e. The number of nitrogens with zero attached hydrogens (tertiary/aromatic N) is 4. The molecule has 0 bridgehead atoms. The third-order valence-corrected chi connectivity index (χ3v) is 7.01. The minimum atomic E-state index is -0.246. The van der Waals surface area contributed by atoms with Gasteiger partial charge in [-0.25, -0.2) is 9.97 Å². The van der Waals surface area contributed by atoms with Gasteiger partial charge in [0.05, 0.1) is 29.6 Å². The van der Waals surface area contributed by atoms with Gasteiger partial charge in [-0.2, -0.15) is 4.98 Å². The van der Waals surface area contributed by atoms with Crippen LogP contribution in [0.5, 0.6) is 5.88 Å². The molecule has 0 aliphatic carbocycles. The molecule has 33 heavy (non-hydrogen) atoms.